The second-order valence-corrected chi connectivity index (χ2v) is 6.98. The lowest BCUT2D eigenvalue weighted by molar-refractivity contribution is -0.124. The highest BCUT2D eigenvalue weighted by Crippen LogP contribution is 2.23. The van der Waals surface area contributed by atoms with Gasteiger partial charge in [0.1, 0.15) is 4.88 Å². The number of carbonyl (C=O) groups excluding carboxylic acids is 2. The van der Waals surface area contributed by atoms with Gasteiger partial charge in [0.2, 0.25) is 0 Å². The predicted molar refractivity (Wildman–Crippen MR) is 96.4 cm³/mol. The number of rotatable bonds is 7. The van der Waals surface area contributed by atoms with Gasteiger partial charge in [0, 0.05) is 11.4 Å². The molecule has 2 rings (SSSR count). The van der Waals surface area contributed by atoms with Crippen LogP contribution in [0.3, 0.4) is 0 Å². The van der Waals surface area contributed by atoms with E-state index in [-0.39, 0.29) is 12.5 Å². The molecule has 2 aromatic rings. The largest absolute Gasteiger partial charge is 0.451 e. The van der Waals surface area contributed by atoms with Crippen LogP contribution in [0, 0.1) is 13.8 Å². The Kier molecular flexibility index (Phi) is 6.55. The zero-order chi connectivity index (χ0) is 17.5. The van der Waals surface area contributed by atoms with Gasteiger partial charge in [0.15, 0.2) is 6.61 Å². The van der Waals surface area contributed by atoms with Gasteiger partial charge in [-0.3, -0.25) is 4.79 Å². The van der Waals surface area contributed by atoms with Crippen LogP contribution < -0.4 is 5.32 Å². The van der Waals surface area contributed by atoms with Crippen molar-refractivity contribution in [1.82, 2.24) is 5.32 Å². The van der Waals surface area contributed by atoms with Gasteiger partial charge >= 0.3 is 5.97 Å². The molecular weight excluding hydrogens is 322 g/mol. The van der Waals surface area contributed by atoms with Gasteiger partial charge in [-0.2, -0.15) is 0 Å². The Morgan fingerprint density at radius 2 is 1.92 bits per heavy atom. The zero-order valence-electron chi connectivity index (χ0n) is 14.3. The summed E-state index contributed by atoms with van der Waals surface area (Å²) >= 11 is 1.42. The minimum atomic E-state index is -0.434. The van der Waals surface area contributed by atoms with Crippen molar-refractivity contribution in [3.63, 3.8) is 0 Å². The van der Waals surface area contributed by atoms with Crippen LogP contribution in [0.25, 0.3) is 0 Å². The normalized spacial score (nSPS) is 10.5. The van der Waals surface area contributed by atoms with Gasteiger partial charge in [-0.15, -0.1) is 11.3 Å². The molecule has 0 radical (unpaired) electrons. The number of hydrogen-bond acceptors (Lipinski definition) is 4. The van der Waals surface area contributed by atoms with E-state index in [9.17, 15) is 9.59 Å². The van der Waals surface area contributed by atoms with Gasteiger partial charge in [-0.1, -0.05) is 37.6 Å². The van der Waals surface area contributed by atoms with Crippen LogP contribution in [-0.2, 0) is 22.5 Å². The number of benzene rings is 1. The van der Waals surface area contributed by atoms with Crippen LogP contribution in [-0.4, -0.2) is 18.5 Å². The van der Waals surface area contributed by atoms with Gasteiger partial charge in [-0.05, 0) is 43.0 Å². The Morgan fingerprint density at radius 1 is 1.17 bits per heavy atom. The van der Waals surface area contributed by atoms with E-state index in [1.807, 2.05) is 44.2 Å². The monoisotopic (exact) mass is 345 g/mol. The summed E-state index contributed by atoms with van der Waals surface area (Å²) in [4.78, 5) is 25.6. The molecule has 0 aliphatic heterocycles. The lowest BCUT2D eigenvalue weighted by Crippen LogP contribution is -2.28. The summed E-state index contributed by atoms with van der Waals surface area (Å²) < 4.78 is 5.11. The molecule has 0 saturated carbocycles. The molecule has 0 fully saturated rings. The summed E-state index contributed by atoms with van der Waals surface area (Å²) in [5, 5.41) is 2.77. The summed E-state index contributed by atoms with van der Waals surface area (Å²) in [6.45, 7) is 6.27. The van der Waals surface area contributed by atoms with E-state index in [1.165, 1.54) is 16.9 Å². The minimum absolute atomic E-state index is 0.259. The maximum atomic E-state index is 12.1. The molecule has 0 aliphatic carbocycles. The van der Waals surface area contributed by atoms with Crippen LogP contribution in [0.4, 0.5) is 0 Å². The number of nitrogens with one attached hydrogen (secondary N) is 1. The predicted octanol–water partition coefficient (Wildman–Crippen LogP) is 3.79. The molecule has 1 aromatic heterocycles. The molecule has 24 heavy (non-hydrogen) atoms. The fourth-order valence-corrected chi connectivity index (χ4v) is 3.36. The Bertz CT molecular complexity index is 721. The van der Waals surface area contributed by atoms with Crippen LogP contribution >= 0.6 is 11.3 Å². The standard InChI is InChI=1S/C19H23NO3S/c1-4-7-15-10-17(24-14(15)3)19(22)23-12-18(21)20-11-16-9-6-5-8-13(16)2/h5-6,8-10H,4,7,11-12H2,1-3H3,(H,20,21). The first kappa shape index (κ1) is 18.2. The van der Waals surface area contributed by atoms with Gasteiger partial charge < -0.3 is 10.1 Å². The molecule has 1 amide bonds. The maximum Gasteiger partial charge on any atom is 0.348 e. The van der Waals surface area contributed by atoms with E-state index >= 15 is 0 Å². The molecule has 128 valence electrons. The van der Waals surface area contributed by atoms with E-state index < -0.39 is 5.97 Å². The van der Waals surface area contributed by atoms with Crippen LogP contribution in [0.5, 0.6) is 0 Å². The smallest absolute Gasteiger partial charge is 0.348 e. The molecule has 5 heteroatoms. The second kappa shape index (κ2) is 8.64. The molecule has 1 aromatic carbocycles. The molecule has 0 unspecified atom stereocenters. The molecule has 1 heterocycles. The van der Waals surface area contributed by atoms with Crippen molar-refractivity contribution in [2.24, 2.45) is 0 Å². The fraction of sp³-hybridized carbons (Fsp3) is 0.368. The van der Waals surface area contributed by atoms with Crippen LogP contribution in [0.2, 0.25) is 0 Å². The third-order valence-corrected chi connectivity index (χ3v) is 4.89. The molecule has 0 atom stereocenters. The van der Waals surface area contributed by atoms with Crippen LogP contribution in [0.15, 0.2) is 30.3 Å². The first-order valence-corrected chi connectivity index (χ1v) is 8.90. The first-order valence-electron chi connectivity index (χ1n) is 8.09. The highest BCUT2D eigenvalue weighted by molar-refractivity contribution is 7.14. The molecule has 0 spiro atoms. The Hall–Kier alpha value is -2.14. The van der Waals surface area contributed by atoms with E-state index in [0.29, 0.717) is 11.4 Å². The second-order valence-electron chi connectivity index (χ2n) is 5.72. The quantitative estimate of drug-likeness (QED) is 0.777. The maximum absolute atomic E-state index is 12.1. The summed E-state index contributed by atoms with van der Waals surface area (Å²) in [7, 11) is 0. The number of ether oxygens (including phenoxy) is 1. The minimum Gasteiger partial charge on any atom is -0.451 e. The molecule has 4 nitrogen and oxygen atoms in total. The lowest BCUT2D eigenvalue weighted by Gasteiger charge is -2.08. The van der Waals surface area contributed by atoms with E-state index in [2.05, 4.69) is 12.2 Å². The van der Waals surface area contributed by atoms with Gasteiger partial charge in [0.05, 0.1) is 0 Å². The fourth-order valence-electron chi connectivity index (χ4n) is 2.39. The van der Waals surface area contributed by atoms with E-state index in [0.717, 1.165) is 28.8 Å². The summed E-state index contributed by atoms with van der Waals surface area (Å²) in [5.74, 6) is -0.731. The summed E-state index contributed by atoms with van der Waals surface area (Å²) in [5.41, 5.74) is 3.35. The third-order valence-electron chi connectivity index (χ3n) is 3.81. The summed E-state index contributed by atoms with van der Waals surface area (Å²) in [6.07, 6.45) is 1.99. The topological polar surface area (TPSA) is 55.4 Å². The van der Waals surface area contributed by atoms with Crippen molar-refractivity contribution in [3.8, 4) is 0 Å². The number of aryl methyl sites for hydroxylation is 3. The van der Waals surface area contributed by atoms with E-state index in [1.54, 1.807) is 0 Å². The number of hydrogen-bond donors (Lipinski definition) is 1. The average Bonchev–Trinajstić information content (AvgIpc) is 2.93. The molecule has 0 aliphatic rings. The highest BCUT2D eigenvalue weighted by Gasteiger charge is 2.15. The van der Waals surface area contributed by atoms with Crippen molar-refractivity contribution >= 4 is 23.2 Å². The number of amides is 1. The number of thiophene rings is 1. The van der Waals surface area contributed by atoms with Crippen molar-refractivity contribution in [1.29, 1.82) is 0 Å². The number of carbonyl (C=O) groups is 2. The van der Waals surface area contributed by atoms with Crippen molar-refractivity contribution in [3.05, 3.63) is 56.8 Å². The lowest BCUT2D eigenvalue weighted by atomic mass is 10.1. The zero-order valence-corrected chi connectivity index (χ0v) is 15.2. The van der Waals surface area contributed by atoms with Crippen LogP contribution in [0.1, 0.15) is 44.6 Å². The van der Waals surface area contributed by atoms with Crippen molar-refractivity contribution in [2.45, 2.75) is 40.2 Å². The first-order chi connectivity index (χ1) is 11.5. The highest BCUT2D eigenvalue weighted by atomic mass is 32.1. The van der Waals surface area contributed by atoms with E-state index in [4.69, 9.17) is 4.74 Å². The molecule has 1 N–H and O–H groups in total. The Morgan fingerprint density at radius 3 is 2.62 bits per heavy atom. The number of esters is 1. The summed E-state index contributed by atoms with van der Waals surface area (Å²) in [6, 6.07) is 9.72. The third kappa shape index (κ3) is 4.93. The molecular formula is C19H23NO3S. The molecule has 0 saturated heterocycles. The Labute approximate surface area is 146 Å². The molecule has 0 bridgehead atoms. The Balaban J connectivity index is 1.82. The average molecular weight is 345 g/mol. The van der Waals surface area contributed by atoms with Gasteiger partial charge in [0.25, 0.3) is 5.91 Å². The van der Waals surface area contributed by atoms with Crippen molar-refractivity contribution < 1.29 is 14.3 Å². The van der Waals surface area contributed by atoms with Gasteiger partial charge in [-0.25, -0.2) is 4.79 Å². The SMILES string of the molecule is CCCc1cc(C(=O)OCC(=O)NCc2ccccc2C)sc1C. The van der Waals surface area contributed by atoms with Crippen molar-refractivity contribution in [2.75, 3.05) is 6.61 Å².